The van der Waals surface area contributed by atoms with Gasteiger partial charge in [0.25, 0.3) is 0 Å². The summed E-state index contributed by atoms with van der Waals surface area (Å²) in [6, 6.07) is 1.98. The molecule has 0 atom stereocenters. The van der Waals surface area contributed by atoms with Gasteiger partial charge in [0.05, 0.1) is 5.69 Å². The van der Waals surface area contributed by atoms with Gasteiger partial charge in [-0.15, -0.1) is 0 Å². The zero-order chi connectivity index (χ0) is 10.5. The van der Waals surface area contributed by atoms with Crippen molar-refractivity contribution in [3.05, 3.63) is 29.7 Å². The van der Waals surface area contributed by atoms with Gasteiger partial charge >= 0.3 is 0 Å². The molecule has 0 saturated heterocycles. The number of nitrogens with zero attached hydrogens (tertiary/aromatic N) is 3. The quantitative estimate of drug-likeness (QED) is 0.791. The Morgan fingerprint density at radius 3 is 3.00 bits per heavy atom. The molecule has 0 amide bonds. The first-order valence-electron chi connectivity index (χ1n) is 5.26. The van der Waals surface area contributed by atoms with Crippen LogP contribution in [0.1, 0.15) is 24.1 Å². The smallest absolute Gasteiger partial charge is 0.155 e. The molecule has 2 aromatic heterocycles. The summed E-state index contributed by atoms with van der Waals surface area (Å²) in [4.78, 5) is 4.40. The molecule has 0 unspecified atom stereocenters. The van der Waals surface area contributed by atoms with Gasteiger partial charge in [0.15, 0.2) is 5.65 Å². The van der Waals surface area contributed by atoms with Crippen molar-refractivity contribution in [2.45, 2.75) is 25.2 Å². The van der Waals surface area contributed by atoms with Crippen LogP contribution >= 0.6 is 0 Å². The number of nitrogens with two attached hydrogens (primary N) is 1. The molecule has 0 radical (unpaired) electrons. The highest BCUT2D eigenvalue weighted by atomic mass is 15.2. The summed E-state index contributed by atoms with van der Waals surface area (Å²) in [5.74, 6) is 0. The number of aromatic nitrogens is 3. The number of aryl methyl sites for hydroxylation is 1. The second kappa shape index (κ2) is 2.79. The van der Waals surface area contributed by atoms with Gasteiger partial charge < -0.3 is 5.73 Å². The molecular weight excluding hydrogens is 188 g/mol. The lowest BCUT2D eigenvalue weighted by Crippen LogP contribution is -2.20. The summed E-state index contributed by atoms with van der Waals surface area (Å²) >= 11 is 0. The fourth-order valence-electron chi connectivity index (χ4n) is 2.03. The van der Waals surface area contributed by atoms with Gasteiger partial charge in [-0.25, -0.2) is 9.50 Å². The third kappa shape index (κ3) is 1.25. The van der Waals surface area contributed by atoms with Crippen LogP contribution in [0.5, 0.6) is 0 Å². The number of hydrogen-bond donors (Lipinski definition) is 1. The molecule has 1 aliphatic rings. The number of hydrogen-bond acceptors (Lipinski definition) is 3. The normalized spacial score (nSPS) is 18.3. The molecule has 3 rings (SSSR count). The Hall–Kier alpha value is -1.42. The molecule has 0 spiro atoms. The highest BCUT2D eigenvalue weighted by Gasteiger charge is 2.43. The summed E-state index contributed by atoms with van der Waals surface area (Å²) in [5.41, 5.74) is 9.11. The second-order valence-electron chi connectivity index (χ2n) is 4.42. The van der Waals surface area contributed by atoms with E-state index in [2.05, 4.69) is 16.3 Å². The largest absolute Gasteiger partial charge is 0.330 e. The molecule has 1 aliphatic carbocycles. The SMILES string of the molecule is Cc1cc2ncc(C3(CN)CC3)cn2n1. The van der Waals surface area contributed by atoms with Crippen LogP contribution < -0.4 is 5.73 Å². The van der Waals surface area contributed by atoms with Crippen molar-refractivity contribution < 1.29 is 0 Å². The van der Waals surface area contributed by atoms with Crippen LogP contribution in [0.2, 0.25) is 0 Å². The molecule has 0 bridgehead atoms. The van der Waals surface area contributed by atoms with Gasteiger partial charge in [0.2, 0.25) is 0 Å². The zero-order valence-electron chi connectivity index (χ0n) is 8.77. The van der Waals surface area contributed by atoms with Crippen LogP contribution in [0, 0.1) is 6.92 Å². The van der Waals surface area contributed by atoms with E-state index < -0.39 is 0 Å². The van der Waals surface area contributed by atoms with Gasteiger partial charge in [-0.2, -0.15) is 5.10 Å². The Morgan fingerprint density at radius 1 is 1.53 bits per heavy atom. The minimum absolute atomic E-state index is 0.195. The van der Waals surface area contributed by atoms with E-state index in [1.165, 1.54) is 18.4 Å². The van der Waals surface area contributed by atoms with E-state index >= 15 is 0 Å². The molecule has 15 heavy (non-hydrogen) atoms. The summed E-state index contributed by atoms with van der Waals surface area (Å²) in [5, 5.41) is 4.36. The monoisotopic (exact) mass is 202 g/mol. The topological polar surface area (TPSA) is 56.2 Å². The maximum atomic E-state index is 5.79. The first-order valence-corrected chi connectivity index (χ1v) is 5.26. The Kier molecular flexibility index (Phi) is 1.65. The molecule has 4 heteroatoms. The van der Waals surface area contributed by atoms with Crippen molar-refractivity contribution in [1.29, 1.82) is 0 Å². The maximum Gasteiger partial charge on any atom is 0.155 e. The summed E-state index contributed by atoms with van der Waals surface area (Å²) in [7, 11) is 0. The molecule has 1 fully saturated rings. The Labute approximate surface area is 88.1 Å². The predicted molar refractivity (Wildman–Crippen MR) is 57.7 cm³/mol. The molecule has 0 aliphatic heterocycles. The Bertz CT molecular complexity index is 510. The lowest BCUT2D eigenvalue weighted by molar-refractivity contribution is 0.689. The van der Waals surface area contributed by atoms with Crippen LogP contribution in [0.3, 0.4) is 0 Å². The van der Waals surface area contributed by atoms with Gasteiger partial charge in [-0.3, -0.25) is 0 Å². The fourth-order valence-corrected chi connectivity index (χ4v) is 2.03. The maximum absolute atomic E-state index is 5.79. The first kappa shape index (κ1) is 8.85. The van der Waals surface area contributed by atoms with E-state index in [-0.39, 0.29) is 5.41 Å². The molecule has 2 aromatic rings. The summed E-state index contributed by atoms with van der Waals surface area (Å²) in [6.07, 6.45) is 6.36. The van der Waals surface area contributed by atoms with Crippen LogP contribution in [0.4, 0.5) is 0 Å². The molecule has 2 N–H and O–H groups in total. The number of rotatable bonds is 2. The van der Waals surface area contributed by atoms with E-state index in [9.17, 15) is 0 Å². The third-order valence-electron chi connectivity index (χ3n) is 3.29. The predicted octanol–water partition coefficient (Wildman–Crippen LogP) is 1.03. The molecule has 4 nitrogen and oxygen atoms in total. The van der Waals surface area contributed by atoms with Crippen LogP contribution in [0.25, 0.3) is 5.65 Å². The van der Waals surface area contributed by atoms with Gasteiger partial charge in [0, 0.05) is 30.4 Å². The third-order valence-corrected chi connectivity index (χ3v) is 3.29. The fraction of sp³-hybridized carbons (Fsp3) is 0.455. The highest BCUT2D eigenvalue weighted by Crippen LogP contribution is 2.46. The number of fused-ring (bicyclic) bond motifs is 1. The second-order valence-corrected chi connectivity index (χ2v) is 4.42. The molecule has 78 valence electrons. The lowest BCUT2D eigenvalue weighted by Gasteiger charge is -2.11. The van der Waals surface area contributed by atoms with Crippen molar-refractivity contribution in [1.82, 2.24) is 14.6 Å². The zero-order valence-corrected chi connectivity index (χ0v) is 8.77. The van der Waals surface area contributed by atoms with Crippen molar-refractivity contribution in [2.24, 2.45) is 5.73 Å². The standard InChI is InChI=1S/C11H14N4/c1-8-4-10-13-5-9(6-15(10)14-8)11(7-12)2-3-11/h4-6H,2-3,7,12H2,1H3. The van der Waals surface area contributed by atoms with Crippen molar-refractivity contribution in [3.8, 4) is 0 Å². The molecule has 0 aromatic carbocycles. The summed E-state index contributed by atoms with van der Waals surface area (Å²) < 4.78 is 1.85. The molecule has 2 heterocycles. The van der Waals surface area contributed by atoms with Crippen molar-refractivity contribution >= 4 is 5.65 Å². The Morgan fingerprint density at radius 2 is 2.33 bits per heavy atom. The molecular formula is C11H14N4. The van der Waals surface area contributed by atoms with Gasteiger partial charge in [-0.1, -0.05) is 0 Å². The van der Waals surface area contributed by atoms with Crippen molar-refractivity contribution in [3.63, 3.8) is 0 Å². The first-order chi connectivity index (χ1) is 7.23. The lowest BCUT2D eigenvalue weighted by atomic mass is 10.00. The highest BCUT2D eigenvalue weighted by molar-refractivity contribution is 5.41. The minimum atomic E-state index is 0.195. The van der Waals surface area contributed by atoms with E-state index in [0.29, 0.717) is 6.54 Å². The van der Waals surface area contributed by atoms with Crippen LogP contribution in [0.15, 0.2) is 18.5 Å². The van der Waals surface area contributed by atoms with E-state index in [1.54, 1.807) is 0 Å². The Balaban J connectivity index is 2.13. The van der Waals surface area contributed by atoms with Crippen LogP contribution in [-0.4, -0.2) is 21.1 Å². The van der Waals surface area contributed by atoms with Gasteiger partial charge in [-0.05, 0) is 25.3 Å². The van der Waals surface area contributed by atoms with Crippen molar-refractivity contribution in [2.75, 3.05) is 6.54 Å². The van der Waals surface area contributed by atoms with E-state index in [0.717, 1.165) is 11.3 Å². The van der Waals surface area contributed by atoms with Gasteiger partial charge in [0.1, 0.15) is 0 Å². The minimum Gasteiger partial charge on any atom is -0.330 e. The average Bonchev–Trinajstić information content (AvgIpc) is 2.94. The summed E-state index contributed by atoms with van der Waals surface area (Å²) in [6.45, 7) is 2.69. The van der Waals surface area contributed by atoms with E-state index in [4.69, 9.17) is 5.73 Å². The molecule has 1 saturated carbocycles. The van der Waals surface area contributed by atoms with Crippen LogP contribution in [-0.2, 0) is 5.41 Å². The average molecular weight is 202 g/mol. The van der Waals surface area contributed by atoms with E-state index in [1.807, 2.05) is 23.7 Å².